The molecule has 0 amide bonds. The first-order chi connectivity index (χ1) is 9.65. The van der Waals surface area contributed by atoms with Crippen molar-refractivity contribution in [3.63, 3.8) is 0 Å². The highest BCUT2D eigenvalue weighted by molar-refractivity contribution is 9.10. The number of rotatable bonds is 5. The largest absolute Gasteiger partial charge is 0.503 e. The number of phenolic OH excluding ortho intramolecular Hbond substituents is 1. The van der Waals surface area contributed by atoms with Gasteiger partial charge >= 0.3 is 0 Å². The molecule has 5 heteroatoms. The number of thioether (sulfide) groups is 1. The van der Waals surface area contributed by atoms with Crippen LogP contribution in [0.15, 0.2) is 16.6 Å². The zero-order valence-corrected chi connectivity index (χ0v) is 14.4. The molecule has 2 rings (SSSR count). The fourth-order valence-electron chi connectivity index (χ4n) is 2.75. The van der Waals surface area contributed by atoms with E-state index < -0.39 is 0 Å². The summed E-state index contributed by atoms with van der Waals surface area (Å²) >= 11 is 5.33. The summed E-state index contributed by atoms with van der Waals surface area (Å²) < 4.78 is 5.87. The van der Waals surface area contributed by atoms with Crippen LogP contribution in [0.25, 0.3) is 0 Å². The van der Waals surface area contributed by atoms with Gasteiger partial charge in [-0.25, -0.2) is 0 Å². The third kappa shape index (κ3) is 3.83. The van der Waals surface area contributed by atoms with Crippen LogP contribution in [0.4, 0.5) is 0 Å². The highest BCUT2D eigenvalue weighted by Crippen LogP contribution is 2.35. The number of halogens is 1. The second-order valence-corrected chi connectivity index (χ2v) is 7.11. The first-order valence-electron chi connectivity index (χ1n) is 6.97. The molecule has 0 spiro atoms. The van der Waals surface area contributed by atoms with Gasteiger partial charge in [0.1, 0.15) is 0 Å². The van der Waals surface area contributed by atoms with Crippen molar-refractivity contribution in [2.24, 2.45) is 0 Å². The lowest BCUT2D eigenvalue weighted by Crippen LogP contribution is -2.39. The van der Waals surface area contributed by atoms with Crippen molar-refractivity contribution in [2.75, 3.05) is 13.4 Å². The number of hydrogen-bond acceptors (Lipinski definition) is 4. The molecule has 0 aromatic heterocycles. The van der Waals surface area contributed by atoms with E-state index in [2.05, 4.69) is 27.5 Å². The van der Waals surface area contributed by atoms with E-state index in [4.69, 9.17) is 4.74 Å². The van der Waals surface area contributed by atoms with Crippen molar-refractivity contribution in [3.05, 3.63) is 22.2 Å². The molecule has 20 heavy (non-hydrogen) atoms. The Morgan fingerprint density at radius 1 is 1.40 bits per heavy atom. The van der Waals surface area contributed by atoms with E-state index in [1.807, 2.05) is 23.9 Å². The summed E-state index contributed by atoms with van der Waals surface area (Å²) in [5.74, 6) is 0.678. The van der Waals surface area contributed by atoms with E-state index in [1.54, 1.807) is 7.11 Å². The first-order valence-corrected chi connectivity index (χ1v) is 9.05. The molecule has 1 aliphatic carbocycles. The number of phenols is 1. The molecule has 2 N–H and O–H groups in total. The maximum Gasteiger partial charge on any atom is 0.172 e. The molecule has 1 fully saturated rings. The van der Waals surface area contributed by atoms with E-state index in [9.17, 15) is 5.11 Å². The quantitative estimate of drug-likeness (QED) is 0.835. The van der Waals surface area contributed by atoms with Crippen molar-refractivity contribution in [2.45, 2.75) is 43.5 Å². The maximum absolute atomic E-state index is 9.82. The van der Waals surface area contributed by atoms with Gasteiger partial charge in [0.05, 0.1) is 11.6 Å². The van der Waals surface area contributed by atoms with Crippen LogP contribution in [-0.2, 0) is 6.54 Å². The van der Waals surface area contributed by atoms with Gasteiger partial charge in [-0.2, -0.15) is 11.8 Å². The van der Waals surface area contributed by atoms with Crippen molar-refractivity contribution in [3.8, 4) is 11.5 Å². The summed E-state index contributed by atoms with van der Waals surface area (Å²) in [4.78, 5) is 0. The third-order valence-corrected chi connectivity index (χ3v) is 5.66. The molecule has 0 radical (unpaired) electrons. The average molecular weight is 360 g/mol. The molecule has 0 saturated heterocycles. The molecule has 0 aliphatic heterocycles. The zero-order chi connectivity index (χ0) is 14.5. The second kappa shape index (κ2) is 7.57. The fourth-order valence-corrected chi connectivity index (χ4v) is 4.20. The molecule has 1 aromatic rings. The summed E-state index contributed by atoms with van der Waals surface area (Å²) in [6.07, 6.45) is 7.42. The monoisotopic (exact) mass is 359 g/mol. The summed E-state index contributed by atoms with van der Waals surface area (Å²) in [6.45, 7) is 0.803. The normalized spacial score (nSPS) is 22.8. The number of ether oxygens (including phenoxy) is 1. The van der Waals surface area contributed by atoms with E-state index >= 15 is 0 Å². The molecule has 1 saturated carbocycles. The maximum atomic E-state index is 9.82. The molecule has 112 valence electrons. The van der Waals surface area contributed by atoms with Crippen LogP contribution in [0, 0.1) is 0 Å². The SMILES string of the molecule is COc1cc(CNC2CCCCC2SC)cc(Br)c1O. The first kappa shape index (κ1) is 16.0. The number of methoxy groups -OCH3 is 1. The van der Waals surface area contributed by atoms with Gasteiger partial charge in [-0.1, -0.05) is 12.8 Å². The summed E-state index contributed by atoms with van der Waals surface area (Å²) in [5.41, 5.74) is 1.12. The second-order valence-electron chi connectivity index (χ2n) is 5.17. The molecular weight excluding hydrogens is 338 g/mol. The average Bonchev–Trinajstić information content (AvgIpc) is 2.48. The van der Waals surface area contributed by atoms with Gasteiger partial charge in [-0.3, -0.25) is 0 Å². The Bertz CT molecular complexity index is 456. The molecule has 0 heterocycles. The Kier molecular flexibility index (Phi) is 6.05. The standard InChI is InChI=1S/C15H22BrNO2S/c1-19-13-8-10(7-11(16)15(13)18)9-17-12-5-3-4-6-14(12)20-2/h7-8,12,14,17-18H,3-6,9H2,1-2H3. The van der Waals surface area contributed by atoms with Crippen LogP contribution in [0.1, 0.15) is 31.2 Å². The van der Waals surface area contributed by atoms with Crippen LogP contribution in [-0.4, -0.2) is 29.8 Å². The lowest BCUT2D eigenvalue weighted by molar-refractivity contribution is 0.368. The lowest BCUT2D eigenvalue weighted by atomic mass is 9.94. The Labute approximate surface area is 133 Å². The van der Waals surface area contributed by atoms with Crippen LogP contribution in [0.3, 0.4) is 0 Å². The van der Waals surface area contributed by atoms with Gasteiger partial charge in [0.2, 0.25) is 0 Å². The van der Waals surface area contributed by atoms with Gasteiger partial charge < -0.3 is 15.2 Å². The van der Waals surface area contributed by atoms with Crippen molar-refractivity contribution < 1.29 is 9.84 Å². The minimum atomic E-state index is 0.163. The highest BCUT2D eigenvalue weighted by Gasteiger charge is 2.23. The van der Waals surface area contributed by atoms with Crippen LogP contribution in [0.5, 0.6) is 11.5 Å². The van der Waals surface area contributed by atoms with E-state index in [1.165, 1.54) is 25.7 Å². The minimum absolute atomic E-state index is 0.163. The van der Waals surface area contributed by atoms with E-state index in [0.717, 1.165) is 12.1 Å². The van der Waals surface area contributed by atoms with Gasteiger partial charge in [0.15, 0.2) is 11.5 Å². The molecule has 2 atom stereocenters. The Morgan fingerprint density at radius 3 is 2.85 bits per heavy atom. The van der Waals surface area contributed by atoms with Gasteiger partial charge in [-0.05, 0) is 52.7 Å². The van der Waals surface area contributed by atoms with E-state index in [-0.39, 0.29) is 5.75 Å². The van der Waals surface area contributed by atoms with Crippen molar-refractivity contribution in [1.82, 2.24) is 5.32 Å². The third-order valence-electron chi connectivity index (χ3n) is 3.88. The predicted octanol–water partition coefficient (Wildman–Crippen LogP) is 3.93. The highest BCUT2D eigenvalue weighted by atomic mass is 79.9. The molecule has 2 unspecified atom stereocenters. The van der Waals surface area contributed by atoms with Crippen molar-refractivity contribution in [1.29, 1.82) is 0 Å². The van der Waals surface area contributed by atoms with Crippen LogP contribution < -0.4 is 10.1 Å². The minimum Gasteiger partial charge on any atom is -0.503 e. The Morgan fingerprint density at radius 2 is 2.15 bits per heavy atom. The lowest BCUT2D eigenvalue weighted by Gasteiger charge is -2.31. The predicted molar refractivity (Wildman–Crippen MR) is 88.8 cm³/mol. The molecule has 1 aliphatic rings. The van der Waals surface area contributed by atoms with Gasteiger partial charge in [0, 0.05) is 17.8 Å². The molecule has 0 bridgehead atoms. The van der Waals surface area contributed by atoms with Crippen molar-refractivity contribution >= 4 is 27.7 Å². The summed E-state index contributed by atoms with van der Waals surface area (Å²) in [6, 6.07) is 4.42. The molecular formula is C15H22BrNO2S. The Hall–Kier alpha value is -0.390. The number of benzene rings is 1. The number of hydrogen-bond donors (Lipinski definition) is 2. The van der Waals surface area contributed by atoms with Gasteiger partial charge in [0.25, 0.3) is 0 Å². The number of nitrogens with one attached hydrogen (secondary N) is 1. The van der Waals surface area contributed by atoms with Gasteiger partial charge in [-0.15, -0.1) is 0 Å². The van der Waals surface area contributed by atoms with Crippen LogP contribution >= 0.6 is 27.7 Å². The molecule has 3 nitrogen and oxygen atoms in total. The fraction of sp³-hybridized carbons (Fsp3) is 0.600. The Balaban J connectivity index is 2.01. The zero-order valence-electron chi connectivity index (χ0n) is 12.0. The number of aromatic hydroxyl groups is 1. The van der Waals surface area contributed by atoms with Crippen LogP contribution in [0.2, 0.25) is 0 Å². The summed E-state index contributed by atoms with van der Waals surface area (Å²) in [5, 5.41) is 14.2. The summed E-state index contributed by atoms with van der Waals surface area (Å²) in [7, 11) is 1.57. The molecule has 1 aromatic carbocycles. The topological polar surface area (TPSA) is 41.5 Å². The smallest absolute Gasteiger partial charge is 0.172 e. The van der Waals surface area contributed by atoms with E-state index in [0.29, 0.717) is 21.5 Å².